The first-order chi connectivity index (χ1) is 15.4. The van der Waals surface area contributed by atoms with E-state index in [9.17, 15) is 4.79 Å². The highest BCUT2D eigenvalue weighted by molar-refractivity contribution is 5.96. The van der Waals surface area contributed by atoms with Crippen LogP contribution in [0.5, 0.6) is 17.2 Å². The van der Waals surface area contributed by atoms with Crippen molar-refractivity contribution in [1.29, 1.82) is 0 Å². The van der Waals surface area contributed by atoms with Crippen LogP contribution in [0.25, 0.3) is 10.9 Å². The molecule has 3 rings (SSSR count). The molecule has 0 saturated carbocycles. The molecule has 1 amide bonds. The normalized spacial score (nSPS) is 11.8. The third-order valence-electron chi connectivity index (χ3n) is 4.81. The molecule has 0 aliphatic heterocycles. The Kier molecular flexibility index (Phi) is 7.72. The Morgan fingerprint density at radius 3 is 2.72 bits per heavy atom. The first-order valence-electron chi connectivity index (χ1n) is 10.4. The van der Waals surface area contributed by atoms with Gasteiger partial charge in [-0.3, -0.25) is 9.78 Å². The van der Waals surface area contributed by atoms with Crippen LogP contribution >= 0.6 is 0 Å². The number of aliphatic hydroxyl groups is 1. The van der Waals surface area contributed by atoms with Crippen molar-refractivity contribution in [2.45, 2.75) is 26.3 Å². The van der Waals surface area contributed by atoms with Crippen LogP contribution in [0.3, 0.4) is 0 Å². The molecule has 4 N–H and O–H groups in total. The van der Waals surface area contributed by atoms with Crippen LogP contribution in [-0.4, -0.2) is 49.0 Å². The molecule has 0 aliphatic carbocycles. The molecule has 1 heterocycles. The van der Waals surface area contributed by atoms with Crippen LogP contribution in [0, 0.1) is 6.92 Å². The molecule has 32 heavy (non-hydrogen) atoms. The minimum atomic E-state index is -0.266. The number of hydrogen-bond donors (Lipinski definition) is 3. The van der Waals surface area contributed by atoms with Crippen molar-refractivity contribution in [3.63, 3.8) is 0 Å². The average molecular weight is 440 g/mol. The summed E-state index contributed by atoms with van der Waals surface area (Å²) in [6, 6.07) is 12.1. The molecule has 8 nitrogen and oxygen atoms in total. The predicted molar refractivity (Wildman–Crippen MR) is 124 cm³/mol. The number of aliphatic hydroxyl groups excluding tert-OH is 1. The van der Waals surface area contributed by atoms with Gasteiger partial charge in [-0.2, -0.15) is 0 Å². The van der Waals surface area contributed by atoms with Gasteiger partial charge in [-0.1, -0.05) is 6.07 Å². The summed E-state index contributed by atoms with van der Waals surface area (Å²) < 4.78 is 16.9. The van der Waals surface area contributed by atoms with Crippen molar-refractivity contribution in [3.8, 4) is 17.2 Å². The van der Waals surface area contributed by atoms with E-state index in [-0.39, 0.29) is 25.2 Å². The number of ether oxygens (including phenoxy) is 3. The molecule has 3 aromatic rings. The summed E-state index contributed by atoms with van der Waals surface area (Å²) >= 11 is 0. The van der Waals surface area contributed by atoms with E-state index in [4.69, 9.17) is 25.1 Å². The Morgan fingerprint density at radius 2 is 1.97 bits per heavy atom. The maximum absolute atomic E-state index is 12.7. The third kappa shape index (κ3) is 5.59. The lowest BCUT2D eigenvalue weighted by molar-refractivity contribution is 0.0926. The fourth-order valence-corrected chi connectivity index (χ4v) is 3.28. The van der Waals surface area contributed by atoms with Gasteiger partial charge in [0.15, 0.2) is 11.5 Å². The van der Waals surface area contributed by atoms with Gasteiger partial charge in [0.05, 0.1) is 30.7 Å². The van der Waals surface area contributed by atoms with E-state index in [1.807, 2.05) is 38.1 Å². The van der Waals surface area contributed by atoms with Crippen molar-refractivity contribution in [2.75, 3.05) is 32.7 Å². The molecule has 0 radical (unpaired) electrons. The van der Waals surface area contributed by atoms with Gasteiger partial charge in [-0.15, -0.1) is 0 Å². The number of benzene rings is 2. The van der Waals surface area contributed by atoms with Crippen LogP contribution in [0.4, 0.5) is 5.69 Å². The lowest BCUT2D eigenvalue weighted by atomic mass is 10.1. The number of aromatic nitrogens is 1. The monoisotopic (exact) mass is 439 g/mol. The Bertz CT molecular complexity index is 1090. The molecule has 8 heteroatoms. The highest BCUT2D eigenvalue weighted by Gasteiger charge is 2.15. The number of nitrogen functional groups attached to an aromatic ring is 1. The second-order valence-electron chi connectivity index (χ2n) is 7.48. The zero-order valence-corrected chi connectivity index (χ0v) is 18.6. The largest absolute Gasteiger partial charge is 0.493 e. The maximum Gasteiger partial charge on any atom is 0.251 e. The number of hydrogen-bond acceptors (Lipinski definition) is 7. The maximum atomic E-state index is 12.7. The number of amides is 1. The van der Waals surface area contributed by atoms with Crippen molar-refractivity contribution in [3.05, 3.63) is 53.7 Å². The Morgan fingerprint density at radius 1 is 1.16 bits per heavy atom. The van der Waals surface area contributed by atoms with E-state index < -0.39 is 0 Å². The smallest absolute Gasteiger partial charge is 0.251 e. The minimum Gasteiger partial charge on any atom is -0.493 e. The van der Waals surface area contributed by atoms with Crippen molar-refractivity contribution in [1.82, 2.24) is 10.3 Å². The highest BCUT2D eigenvalue weighted by Crippen LogP contribution is 2.30. The van der Waals surface area contributed by atoms with Crippen LogP contribution in [0.1, 0.15) is 29.4 Å². The number of methoxy groups -OCH3 is 1. The topological polar surface area (TPSA) is 116 Å². The molecule has 1 atom stereocenters. The molecule has 0 spiro atoms. The summed E-state index contributed by atoms with van der Waals surface area (Å²) in [5, 5.41) is 12.6. The Hall–Kier alpha value is -3.52. The first kappa shape index (κ1) is 23.1. The Labute approximate surface area is 187 Å². The fraction of sp³-hybridized carbons (Fsp3) is 0.333. The van der Waals surface area contributed by atoms with Gasteiger partial charge in [0.1, 0.15) is 12.4 Å². The minimum absolute atomic E-state index is 0.0258. The molecular formula is C24H29N3O5. The van der Waals surface area contributed by atoms with Gasteiger partial charge >= 0.3 is 0 Å². The summed E-state index contributed by atoms with van der Waals surface area (Å²) in [4.78, 5) is 17.2. The predicted octanol–water partition coefficient (Wildman–Crippen LogP) is 3.09. The zero-order chi connectivity index (χ0) is 23.1. The quantitative estimate of drug-likeness (QED) is 0.416. The number of nitrogens with one attached hydrogen (secondary N) is 1. The van der Waals surface area contributed by atoms with Crippen molar-refractivity contribution in [2.24, 2.45) is 0 Å². The van der Waals surface area contributed by atoms with E-state index in [1.165, 1.54) is 7.11 Å². The van der Waals surface area contributed by atoms with Crippen LogP contribution in [0.15, 0.2) is 42.5 Å². The number of nitrogens with zero attached hydrogens (tertiary/aromatic N) is 1. The number of pyridine rings is 1. The molecule has 170 valence electrons. The van der Waals surface area contributed by atoms with Gasteiger partial charge in [0.25, 0.3) is 5.91 Å². The SMILES string of the molecule is COc1ccc(C(=O)N[C@@H](C)COc2cccc3nc(C)cc(N)c23)cc1OCCCO. The second kappa shape index (κ2) is 10.7. The molecule has 1 aromatic heterocycles. The number of rotatable bonds is 10. The fourth-order valence-electron chi connectivity index (χ4n) is 3.28. The molecule has 0 unspecified atom stereocenters. The van der Waals surface area contributed by atoms with Crippen LogP contribution in [0.2, 0.25) is 0 Å². The summed E-state index contributed by atoms with van der Waals surface area (Å²) in [5.74, 6) is 1.34. The van der Waals surface area contributed by atoms with Gasteiger partial charge in [-0.05, 0) is 50.2 Å². The van der Waals surface area contributed by atoms with Crippen molar-refractivity contribution < 1.29 is 24.1 Å². The summed E-state index contributed by atoms with van der Waals surface area (Å²) in [7, 11) is 1.53. The van der Waals surface area contributed by atoms with Crippen LogP contribution < -0.4 is 25.3 Å². The molecule has 0 aliphatic rings. The zero-order valence-electron chi connectivity index (χ0n) is 18.6. The van der Waals surface area contributed by atoms with Gasteiger partial charge in [-0.25, -0.2) is 0 Å². The van der Waals surface area contributed by atoms with E-state index in [1.54, 1.807) is 18.2 Å². The van der Waals surface area contributed by atoms with Crippen LogP contribution in [-0.2, 0) is 0 Å². The summed E-state index contributed by atoms with van der Waals surface area (Å²) in [6.45, 7) is 4.36. The molecule has 2 aromatic carbocycles. The number of nitrogens with two attached hydrogens (primary N) is 1. The number of carbonyl (C=O) groups excluding carboxylic acids is 1. The third-order valence-corrected chi connectivity index (χ3v) is 4.81. The van der Waals surface area contributed by atoms with Gasteiger partial charge < -0.3 is 30.4 Å². The molecule has 0 saturated heterocycles. The average Bonchev–Trinajstić information content (AvgIpc) is 2.77. The molecule has 0 bridgehead atoms. The molecule has 0 fully saturated rings. The number of anilines is 1. The lowest BCUT2D eigenvalue weighted by Crippen LogP contribution is -2.36. The number of aryl methyl sites for hydroxylation is 1. The summed E-state index contributed by atoms with van der Waals surface area (Å²) in [5.41, 5.74) is 8.82. The first-order valence-corrected chi connectivity index (χ1v) is 10.4. The van der Waals surface area contributed by atoms with E-state index in [0.29, 0.717) is 41.5 Å². The number of fused-ring (bicyclic) bond motifs is 1. The molecular weight excluding hydrogens is 410 g/mol. The van der Waals surface area contributed by atoms with Gasteiger partial charge in [0, 0.05) is 30.0 Å². The number of carbonyl (C=O) groups is 1. The lowest BCUT2D eigenvalue weighted by Gasteiger charge is -2.17. The van der Waals surface area contributed by atoms with E-state index in [0.717, 1.165) is 16.6 Å². The van der Waals surface area contributed by atoms with Crippen molar-refractivity contribution >= 4 is 22.5 Å². The summed E-state index contributed by atoms with van der Waals surface area (Å²) in [6.07, 6.45) is 0.488. The van der Waals surface area contributed by atoms with Gasteiger partial charge in [0.2, 0.25) is 0 Å². The Balaban J connectivity index is 1.65. The van der Waals surface area contributed by atoms with E-state index in [2.05, 4.69) is 10.3 Å². The van der Waals surface area contributed by atoms with E-state index >= 15 is 0 Å². The standard InChI is InChI=1S/C24H29N3O5/c1-15-12-18(25)23-19(26-15)6-4-7-21(23)32-14-16(2)27-24(29)17-8-9-20(30-3)22(13-17)31-11-5-10-28/h4,6-9,12-13,16,28H,5,10-11,14H2,1-3H3,(H2,25,26)(H,27,29)/t16-/m0/s1. The highest BCUT2D eigenvalue weighted by atomic mass is 16.5. The second-order valence-corrected chi connectivity index (χ2v) is 7.48.